The van der Waals surface area contributed by atoms with Crippen LogP contribution in [0.5, 0.6) is 0 Å². The number of nitrogens with one attached hydrogen (secondary N) is 1. The highest BCUT2D eigenvalue weighted by atomic mass is 32.2. The van der Waals surface area contributed by atoms with Crippen molar-refractivity contribution in [2.24, 2.45) is 0 Å². The van der Waals surface area contributed by atoms with Crippen LogP contribution in [0.4, 0.5) is 11.5 Å². The van der Waals surface area contributed by atoms with Gasteiger partial charge >= 0.3 is 0 Å². The molecule has 0 atom stereocenters. The molecule has 2 heterocycles. The molecular formula is C19H13N3O3S. The van der Waals surface area contributed by atoms with E-state index in [1.54, 1.807) is 37.4 Å². The quantitative estimate of drug-likeness (QED) is 0.726. The summed E-state index contributed by atoms with van der Waals surface area (Å²) >= 11 is 0. The van der Waals surface area contributed by atoms with Gasteiger partial charge in [-0.15, -0.1) is 6.42 Å². The van der Waals surface area contributed by atoms with Crippen LogP contribution in [0.2, 0.25) is 0 Å². The molecule has 128 valence electrons. The number of nitrogens with zero attached hydrogens (tertiary/aromatic N) is 2. The normalized spacial score (nSPS) is 13.1. The summed E-state index contributed by atoms with van der Waals surface area (Å²) in [6.45, 7) is 0. The van der Waals surface area contributed by atoms with Gasteiger partial charge in [0.2, 0.25) is 0 Å². The Labute approximate surface area is 150 Å². The minimum absolute atomic E-state index is 0.0871. The van der Waals surface area contributed by atoms with Crippen LogP contribution in [0.25, 0.3) is 10.8 Å². The average Bonchev–Trinajstić information content (AvgIpc) is 2.89. The summed E-state index contributed by atoms with van der Waals surface area (Å²) in [6.07, 6.45) is 6.69. The smallest absolute Gasteiger partial charge is 0.263 e. The average molecular weight is 363 g/mol. The molecule has 0 bridgehead atoms. The fourth-order valence-corrected chi connectivity index (χ4v) is 4.29. The molecule has 1 aliphatic rings. The van der Waals surface area contributed by atoms with Gasteiger partial charge in [-0.05, 0) is 30.3 Å². The Morgan fingerprint density at radius 2 is 1.96 bits per heavy atom. The molecule has 4 rings (SSSR count). The molecule has 0 radical (unpaired) electrons. The molecular weight excluding hydrogens is 350 g/mol. The Hall–Kier alpha value is -3.37. The van der Waals surface area contributed by atoms with Crippen molar-refractivity contribution in [1.29, 1.82) is 0 Å². The summed E-state index contributed by atoms with van der Waals surface area (Å²) in [5, 5.41) is 1.13. The number of sulfonamides is 1. The molecule has 7 heteroatoms. The summed E-state index contributed by atoms with van der Waals surface area (Å²) in [5.74, 6) is 2.44. The van der Waals surface area contributed by atoms with Crippen LogP contribution in [0, 0.1) is 12.3 Å². The highest BCUT2D eigenvalue weighted by Crippen LogP contribution is 2.39. The van der Waals surface area contributed by atoms with Gasteiger partial charge in [0.05, 0.1) is 10.6 Å². The van der Waals surface area contributed by atoms with Crippen LogP contribution in [-0.2, 0) is 10.0 Å². The van der Waals surface area contributed by atoms with Crippen molar-refractivity contribution in [2.45, 2.75) is 4.90 Å². The number of amides is 1. The van der Waals surface area contributed by atoms with Crippen molar-refractivity contribution in [2.75, 3.05) is 16.7 Å². The first-order valence-electron chi connectivity index (χ1n) is 7.71. The molecule has 0 saturated carbocycles. The maximum Gasteiger partial charge on any atom is 0.263 e. The second-order valence-electron chi connectivity index (χ2n) is 5.86. The molecule has 0 spiro atoms. The van der Waals surface area contributed by atoms with Gasteiger partial charge < -0.3 is 4.90 Å². The van der Waals surface area contributed by atoms with E-state index in [2.05, 4.69) is 15.6 Å². The van der Waals surface area contributed by atoms with Crippen LogP contribution >= 0.6 is 0 Å². The van der Waals surface area contributed by atoms with Gasteiger partial charge in [-0.1, -0.05) is 18.1 Å². The fraction of sp³-hybridized carbons (Fsp3) is 0.0526. The minimum Gasteiger partial charge on any atom is -0.311 e. The zero-order chi connectivity index (χ0) is 18.5. The predicted molar refractivity (Wildman–Crippen MR) is 99.7 cm³/mol. The third-order valence-corrected chi connectivity index (χ3v) is 5.75. The van der Waals surface area contributed by atoms with Crippen molar-refractivity contribution in [3.8, 4) is 12.3 Å². The molecule has 2 aromatic carbocycles. The van der Waals surface area contributed by atoms with Gasteiger partial charge in [0, 0.05) is 35.1 Å². The summed E-state index contributed by atoms with van der Waals surface area (Å²) in [6, 6.07) is 11.3. The van der Waals surface area contributed by atoms with Gasteiger partial charge in [0.25, 0.3) is 15.9 Å². The third-order valence-electron chi connectivity index (χ3n) is 4.33. The number of hydrogen-bond acceptors (Lipinski definition) is 4. The van der Waals surface area contributed by atoms with Crippen LogP contribution in [0.15, 0.2) is 53.6 Å². The van der Waals surface area contributed by atoms with E-state index in [0.29, 0.717) is 27.6 Å². The monoisotopic (exact) mass is 363 g/mol. The minimum atomic E-state index is -3.89. The van der Waals surface area contributed by atoms with E-state index < -0.39 is 10.0 Å². The number of terminal acetylenes is 1. The number of pyridine rings is 1. The lowest BCUT2D eigenvalue weighted by atomic mass is 10.1. The lowest BCUT2D eigenvalue weighted by Gasteiger charge is -2.13. The number of hydrogen-bond donors (Lipinski definition) is 1. The number of rotatable bonds is 3. The van der Waals surface area contributed by atoms with Crippen molar-refractivity contribution >= 4 is 38.2 Å². The standard InChI is InChI=1S/C19H13N3O3S/c1-3-12-7-10-17(20-11-12)21-26(24,25)16-9-8-15-18-13(16)5-4-6-14(18)19(23)22(15)2/h1,4-11H,2H3,(H,20,21). The van der Waals surface area contributed by atoms with Crippen molar-refractivity contribution in [1.82, 2.24) is 4.98 Å². The van der Waals surface area contributed by atoms with Crippen LogP contribution in [-0.4, -0.2) is 26.4 Å². The van der Waals surface area contributed by atoms with Crippen molar-refractivity contribution < 1.29 is 13.2 Å². The Morgan fingerprint density at radius 1 is 1.15 bits per heavy atom. The molecule has 0 saturated heterocycles. The SMILES string of the molecule is C#Cc1ccc(NS(=O)(=O)c2ccc3c4c(cccc24)C(=O)N3C)nc1. The highest BCUT2D eigenvalue weighted by molar-refractivity contribution is 7.93. The lowest BCUT2D eigenvalue weighted by molar-refractivity contribution is 0.0999. The van der Waals surface area contributed by atoms with Gasteiger partial charge in [0.15, 0.2) is 0 Å². The number of aromatic nitrogens is 1. The van der Waals surface area contributed by atoms with Gasteiger partial charge in [0.1, 0.15) is 5.82 Å². The molecule has 1 aliphatic heterocycles. The second kappa shape index (κ2) is 5.58. The van der Waals surface area contributed by atoms with Crippen LogP contribution in [0.3, 0.4) is 0 Å². The van der Waals surface area contributed by atoms with Crippen molar-refractivity contribution in [3.05, 3.63) is 59.8 Å². The van der Waals surface area contributed by atoms with Crippen LogP contribution in [0.1, 0.15) is 15.9 Å². The Balaban J connectivity index is 1.84. The topological polar surface area (TPSA) is 79.4 Å². The number of benzene rings is 2. The summed E-state index contributed by atoms with van der Waals surface area (Å²) < 4.78 is 28.2. The molecule has 0 fully saturated rings. The summed E-state index contributed by atoms with van der Waals surface area (Å²) in [7, 11) is -2.23. The molecule has 3 aromatic rings. The molecule has 26 heavy (non-hydrogen) atoms. The van der Waals surface area contributed by atoms with Gasteiger partial charge in [-0.25, -0.2) is 13.4 Å². The Kier molecular flexibility index (Phi) is 3.46. The molecule has 1 N–H and O–H groups in total. The maximum absolute atomic E-state index is 12.9. The molecule has 1 aromatic heterocycles. The van der Waals surface area contributed by atoms with E-state index in [1.807, 2.05) is 0 Å². The first kappa shape index (κ1) is 16.1. The van der Waals surface area contributed by atoms with Crippen molar-refractivity contribution in [3.63, 3.8) is 0 Å². The number of carbonyl (C=O) groups excluding carboxylic acids is 1. The largest absolute Gasteiger partial charge is 0.311 e. The Morgan fingerprint density at radius 3 is 2.65 bits per heavy atom. The number of anilines is 2. The number of carbonyl (C=O) groups is 1. The lowest BCUT2D eigenvalue weighted by Crippen LogP contribution is -2.20. The van der Waals surface area contributed by atoms with E-state index in [1.165, 1.54) is 23.2 Å². The predicted octanol–water partition coefficient (Wildman–Crippen LogP) is 2.61. The van der Waals surface area contributed by atoms with E-state index in [9.17, 15) is 13.2 Å². The van der Waals surface area contributed by atoms with E-state index in [-0.39, 0.29) is 16.6 Å². The molecule has 0 unspecified atom stereocenters. The first-order valence-corrected chi connectivity index (χ1v) is 9.20. The maximum atomic E-state index is 12.9. The summed E-state index contributed by atoms with van der Waals surface area (Å²) in [4.78, 5) is 17.9. The fourth-order valence-electron chi connectivity index (χ4n) is 3.08. The van der Waals surface area contributed by atoms with Crippen LogP contribution < -0.4 is 9.62 Å². The zero-order valence-electron chi connectivity index (χ0n) is 13.7. The highest BCUT2D eigenvalue weighted by Gasteiger charge is 2.30. The molecule has 0 aliphatic carbocycles. The molecule has 6 nitrogen and oxygen atoms in total. The Bertz CT molecular complexity index is 1210. The summed E-state index contributed by atoms with van der Waals surface area (Å²) in [5.41, 5.74) is 1.74. The molecule has 1 amide bonds. The first-order chi connectivity index (χ1) is 12.4. The van der Waals surface area contributed by atoms with Gasteiger partial charge in [-0.3, -0.25) is 9.52 Å². The van der Waals surface area contributed by atoms with E-state index in [0.717, 1.165) is 0 Å². The van der Waals surface area contributed by atoms with Gasteiger partial charge in [-0.2, -0.15) is 0 Å². The third kappa shape index (κ3) is 2.31. The zero-order valence-corrected chi connectivity index (χ0v) is 14.5. The van der Waals surface area contributed by atoms with E-state index >= 15 is 0 Å². The second-order valence-corrected chi connectivity index (χ2v) is 7.51. The van der Waals surface area contributed by atoms with E-state index in [4.69, 9.17) is 6.42 Å².